The van der Waals surface area contributed by atoms with E-state index in [0.29, 0.717) is 47.5 Å². The number of anilines is 2. The third kappa shape index (κ3) is 12.8. The highest BCUT2D eigenvalue weighted by Crippen LogP contribution is 2.40. The molecule has 80 heavy (non-hydrogen) atoms. The number of aliphatic hydroxyl groups excluding tert-OH is 3. The maximum absolute atomic E-state index is 13.5. The van der Waals surface area contributed by atoms with Crippen molar-refractivity contribution in [3.05, 3.63) is 112 Å². The Kier molecular flexibility index (Phi) is 17.4. The average molecular weight is 1120 g/mol. The largest absolute Gasteiger partial charge is 0.479 e. The van der Waals surface area contributed by atoms with E-state index in [4.69, 9.17) is 28.7 Å². The zero-order chi connectivity index (χ0) is 57.0. The number of fused-ring (bicyclic) bond motifs is 2. The number of nitrogens with one attached hydrogen (secondary N) is 2. The minimum absolute atomic E-state index is 0.00816. The quantitative estimate of drug-likeness (QED) is 0.0294. The molecule has 0 unspecified atom stereocenters. The van der Waals surface area contributed by atoms with Crippen LogP contribution in [0.1, 0.15) is 47.2 Å². The van der Waals surface area contributed by atoms with Gasteiger partial charge in [-0.25, -0.2) is 9.36 Å². The third-order valence-corrected chi connectivity index (χ3v) is 14.0. The maximum atomic E-state index is 13.5. The minimum atomic E-state index is -4.53. The molecule has 25 heteroatoms. The van der Waals surface area contributed by atoms with Crippen molar-refractivity contribution < 1.29 is 90.6 Å². The first-order chi connectivity index (χ1) is 38.3. The van der Waals surface area contributed by atoms with Crippen molar-refractivity contribution in [2.45, 2.75) is 82.5 Å². The molecule has 0 radical (unpaired) electrons. The summed E-state index contributed by atoms with van der Waals surface area (Å²) >= 11 is 0. The molecule has 1 fully saturated rings. The fourth-order valence-electron chi connectivity index (χ4n) is 9.87. The Hall–Kier alpha value is -7.65. The van der Waals surface area contributed by atoms with Crippen LogP contribution in [0.5, 0.6) is 5.75 Å². The third-order valence-electron chi connectivity index (χ3n) is 14.0. The summed E-state index contributed by atoms with van der Waals surface area (Å²) in [6.45, 7) is 3.73. The molecular weight excluding hydrogens is 1060 g/mol. The van der Waals surface area contributed by atoms with E-state index in [1.165, 1.54) is 23.1 Å². The van der Waals surface area contributed by atoms with E-state index in [0.717, 1.165) is 39.9 Å². The number of nitrogens with zero attached hydrogens (tertiary/aromatic N) is 5. The number of aliphatic carboxylic acids is 1. The van der Waals surface area contributed by atoms with Gasteiger partial charge in [0, 0.05) is 54.7 Å². The summed E-state index contributed by atoms with van der Waals surface area (Å²) in [7, 11) is 1.87. The first-order valence-corrected chi connectivity index (χ1v) is 25.8. The zero-order valence-corrected chi connectivity index (χ0v) is 43.6. The average Bonchev–Trinajstić information content (AvgIpc) is 4.08. The lowest BCUT2D eigenvalue weighted by atomic mass is 9.99. The number of carboxylic acid groups (broad SMARTS) is 1. The second-order valence-corrected chi connectivity index (χ2v) is 19.6. The van der Waals surface area contributed by atoms with Crippen molar-refractivity contribution in [2.75, 3.05) is 69.5 Å². The number of carbonyl (C=O) groups is 6. The molecule has 5 aromatic rings. The summed E-state index contributed by atoms with van der Waals surface area (Å²) in [6.07, 6.45) is -9.92. The summed E-state index contributed by atoms with van der Waals surface area (Å²) in [5.74, 6) is -3.48. The highest BCUT2D eigenvalue weighted by molar-refractivity contribution is 6.25. The number of hydrogen-bond acceptors (Lipinski definition) is 15. The molecule has 6 N–H and O–H groups in total. The van der Waals surface area contributed by atoms with Crippen LogP contribution in [-0.2, 0) is 80.3 Å². The number of aliphatic hydroxyl groups is 3. The number of rotatable bonds is 24. The van der Waals surface area contributed by atoms with E-state index in [2.05, 4.69) is 10.6 Å². The topological polar surface area (TPSA) is 282 Å². The van der Waals surface area contributed by atoms with Crippen LogP contribution < -0.4 is 24.8 Å². The summed E-state index contributed by atoms with van der Waals surface area (Å²) in [5.41, 5.74) is 6.02. The minimum Gasteiger partial charge on any atom is -0.479 e. The van der Waals surface area contributed by atoms with Crippen LogP contribution in [0, 0.1) is 6.92 Å². The van der Waals surface area contributed by atoms with Crippen molar-refractivity contribution in [2.24, 2.45) is 7.05 Å². The lowest BCUT2D eigenvalue weighted by molar-refractivity contribution is -0.668. The molecule has 424 valence electrons. The zero-order valence-electron chi connectivity index (χ0n) is 43.6. The van der Waals surface area contributed by atoms with Gasteiger partial charge in [-0.1, -0.05) is 30.3 Å². The van der Waals surface area contributed by atoms with Crippen LogP contribution in [0.4, 0.5) is 24.5 Å². The number of ether oxygens (including phenoxy) is 5. The van der Waals surface area contributed by atoms with Crippen LogP contribution in [0.25, 0.3) is 22.2 Å². The van der Waals surface area contributed by atoms with Gasteiger partial charge in [-0.05, 0) is 65.9 Å². The SMILES string of the molecule is Cc1nc[n+](Cc2ccc(O[C@@H]3O[C@H](C(=O)O)[C@@H](O)[C@H](O)[C@H]3O)c(NC(=O)CCNC(=O)CCOCCOCCOCCN3C(=O)C4=C(C4)C3=O)c2)c2c1c(-c1ccc3c(c1)CCN3C(=O)Cc1cccc(C(F)(F)F)c1)cn2C. The monoisotopic (exact) mass is 1110 g/mol. The molecule has 0 saturated carbocycles. The van der Waals surface area contributed by atoms with Gasteiger partial charge < -0.3 is 59.6 Å². The number of halogens is 3. The summed E-state index contributed by atoms with van der Waals surface area (Å²) in [6, 6.07) is 15.2. The fraction of sp³-hybridized carbons (Fsp3) is 0.418. The van der Waals surface area contributed by atoms with Crippen LogP contribution in [0.3, 0.4) is 0 Å². The van der Waals surface area contributed by atoms with Gasteiger partial charge in [0.25, 0.3) is 11.8 Å². The standard InChI is InChI=1S/C55H58F3N7O15/c1-30-45-38(33-7-8-40-34(25-33)11-14-64(40)44(68)24-31-4-3-5-35(22-31)55(56,57)58)28-62(2)50(45)63(29-60-30)27-32-6-9-41(79-54-48(71)46(69)47(70)49(80-54)53(74)75)39(23-32)61-43(67)10-13-59-42(66)12-16-76-18-20-78-21-19-77-17-15-65-51(72)36-26-37(36)52(65)73/h3-9,22-23,25,28-29,46-49,54,69-71H,10-21,24,26-27H2,1-2H3,(H2-,59,61,66,67,74,75)/p+1/t46-,47-,48+,49-,54+/m0/s1. The number of benzene rings is 3. The highest BCUT2D eigenvalue weighted by Gasteiger charge is 2.49. The molecule has 1 aliphatic carbocycles. The molecule has 5 atom stereocenters. The van der Waals surface area contributed by atoms with Gasteiger partial charge in [0.15, 0.2) is 6.10 Å². The molecule has 2 aromatic heterocycles. The Balaban J connectivity index is 0.816. The van der Waals surface area contributed by atoms with Gasteiger partial charge in [0.05, 0.1) is 89.0 Å². The van der Waals surface area contributed by atoms with E-state index in [1.54, 1.807) is 23.4 Å². The van der Waals surface area contributed by atoms with Crippen molar-refractivity contribution in [1.29, 1.82) is 0 Å². The molecule has 1 saturated heterocycles. The smallest absolute Gasteiger partial charge is 0.416 e. The Morgan fingerprint density at radius 2 is 1.57 bits per heavy atom. The number of imide groups is 1. The van der Waals surface area contributed by atoms with Crippen LogP contribution in [-0.4, -0.2) is 160 Å². The van der Waals surface area contributed by atoms with Crippen molar-refractivity contribution in [3.8, 4) is 16.9 Å². The number of aryl methyl sites for hydroxylation is 2. The number of aromatic nitrogens is 3. The Morgan fingerprint density at radius 1 is 0.850 bits per heavy atom. The number of carbonyl (C=O) groups excluding carboxylic acids is 5. The normalized spacial score (nSPS) is 19.6. The molecule has 22 nitrogen and oxygen atoms in total. The van der Waals surface area contributed by atoms with Crippen LogP contribution in [0.15, 0.2) is 84.3 Å². The molecule has 3 aliphatic heterocycles. The van der Waals surface area contributed by atoms with E-state index in [-0.39, 0.29) is 119 Å². The van der Waals surface area contributed by atoms with E-state index >= 15 is 0 Å². The number of alkyl halides is 3. The lowest BCUT2D eigenvalue weighted by Gasteiger charge is -2.38. The fourth-order valence-corrected chi connectivity index (χ4v) is 9.87. The van der Waals surface area contributed by atoms with Crippen molar-refractivity contribution in [3.63, 3.8) is 0 Å². The van der Waals surface area contributed by atoms with E-state index in [1.807, 2.05) is 47.5 Å². The molecule has 5 amide bonds. The van der Waals surface area contributed by atoms with E-state index < -0.39 is 54.3 Å². The highest BCUT2D eigenvalue weighted by atomic mass is 19.4. The Bertz CT molecular complexity index is 3230. The van der Waals surface area contributed by atoms with Crippen LogP contribution in [0.2, 0.25) is 0 Å². The summed E-state index contributed by atoms with van der Waals surface area (Å²) in [4.78, 5) is 82.9. The number of hydrogen-bond donors (Lipinski definition) is 6. The molecule has 5 heterocycles. The maximum Gasteiger partial charge on any atom is 0.416 e. The number of likely N-dealkylation sites (tertiary alicyclic amines) is 1. The predicted octanol–water partition coefficient (Wildman–Crippen LogP) is 2.26. The second kappa shape index (κ2) is 24.4. The van der Waals surface area contributed by atoms with Gasteiger partial charge >= 0.3 is 12.1 Å². The molecule has 4 aliphatic rings. The first kappa shape index (κ1) is 57.0. The van der Waals surface area contributed by atoms with Crippen molar-refractivity contribution in [1.82, 2.24) is 19.8 Å². The number of amides is 5. The van der Waals surface area contributed by atoms with Gasteiger partial charge in [-0.3, -0.25) is 33.4 Å². The van der Waals surface area contributed by atoms with Gasteiger partial charge in [0.2, 0.25) is 36.0 Å². The summed E-state index contributed by atoms with van der Waals surface area (Å²) < 4.78 is 71.6. The van der Waals surface area contributed by atoms with Gasteiger partial charge in [-0.15, -0.1) is 4.98 Å². The first-order valence-electron chi connectivity index (χ1n) is 25.8. The molecule has 9 rings (SSSR count). The van der Waals surface area contributed by atoms with Gasteiger partial charge in [0.1, 0.15) is 29.8 Å². The predicted molar refractivity (Wildman–Crippen MR) is 274 cm³/mol. The summed E-state index contributed by atoms with van der Waals surface area (Å²) in [5, 5.41) is 47.4. The Morgan fingerprint density at radius 3 is 2.30 bits per heavy atom. The molecular formula is C55H59F3N7O15+. The molecule has 3 aromatic carbocycles. The van der Waals surface area contributed by atoms with Crippen LogP contribution >= 0.6 is 0 Å². The Labute approximate surface area is 455 Å². The second-order valence-electron chi connectivity index (χ2n) is 19.6. The number of carboxylic acids is 1. The van der Waals surface area contributed by atoms with Crippen molar-refractivity contribution >= 4 is 57.9 Å². The van der Waals surface area contributed by atoms with Gasteiger partial charge in [-0.2, -0.15) is 13.2 Å². The van der Waals surface area contributed by atoms with E-state index in [9.17, 15) is 62.4 Å². The molecule has 0 bridgehead atoms. The molecule has 0 spiro atoms. The number of piperidine rings is 1. The lowest BCUT2D eigenvalue weighted by Crippen LogP contribution is -2.61.